The second kappa shape index (κ2) is 12.0. The molecule has 42 heavy (non-hydrogen) atoms. The van der Waals surface area contributed by atoms with Gasteiger partial charge in [-0.25, -0.2) is 0 Å². The number of nitrogens with two attached hydrogens (primary N) is 1. The number of hydrogen-bond donors (Lipinski definition) is 4. The standard InChI is InChI=1S/C30H33N5O7/c1-16-19-5-2-3-7-24(19)42-26(16)29(40)33-20(10-11-23(36)27(31)38)28(39)34-21-6-4-12-35(30(21)41)15-25(37)32-22-14-17-8-9-18(22)13-17/h2-7,12,17-18,20,22H,8-11,13-15H2,1H3,(H2,31,38)(H,32,37)(H,33,40)(H,34,39)/t17?,18?,20-,22?/m0/s1. The Morgan fingerprint density at radius 3 is 2.55 bits per heavy atom. The highest BCUT2D eigenvalue weighted by atomic mass is 16.3. The van der Waals surface area contributed by atoms with Crippen molar-refractivity contribution < 1.29 is 28.4 Å². The fourth-order valence-corrected chi connectivity index (χ4v) is 6.09. The van der Waals surface area contributed by atoms with Crippen molar-refractivity contribution in [2.24, 2.45) is 17.6 Å². The van der Waals surface area contributed by atoms with E-state index in [0.717, 1.165) is 24.6 Å². The summed E-state index contributed by atoms with van der Waals surface area (Å²) in [6.07, 6.45) is 5.18. The molecule has 0 spiro atoms. The molecule has 2 aromatic heterocycles. The Labute approximate surface area is 241 Å². The van der Waals surface area contributed by atoms with Crippen LogP contribution in [-0.2, 0) is 25.7 Å². The highest BCUT2D eigenvalue weighted by Gasteiger charge is 2.40. The molecule has 3 aromatic rings. The summed E-state index contributed by atoms with van der Waals surface area (Å²) in [5.41, 5.74) is 5.37. The predicted octanol–water partition coefficient (Wildman–Crippen LogP) is 1.78. The van der Waals surface area contributed by atoms with Crippen LogP contribution in [0, 0.1) is 18.8 Å². The van der Waals surface area contributed by atoms with Gasteiger partial charge in [-0.1, -0.05) is 24.6 Å². The molecule has 2 aliphatic carbocycles. The number of carbonyl (C=O) groups is 5. The van der Waals surface area contributed by atoms with Crippen molar-refractivity contribution in [1.29, 1.82) is 0 Å². The number of para-hydroxylation sites is 1. The lowest BCUT2D eigenvalue weighted by Crippen LogP contribution is -2.45. The number of hydrogen-bond acceptors (Lipinski definition) is 7. The van der Waals surface area contributed by atoms with Crippen LogP contribution in [0.2, 0.25) is 0 Å². The molecule has 2 bridgehead atoms. The van der Waals surface area contributed by atoms with Gasteiger partial charge in [0.15, 0.2) is 5.76 Å². The van der Waals surface area contributed by atoms with Crippen LogP contribution < -0.4 is 27.2 Å². The molecule has 2 saturated carbocycles. The largest absolute Gasteiger partial charge is 0.451 e. The number of carbonyl (C=O) groups excluding carboxylic acids is 5. The van der Waals surface area contributed by atoms with Gasteiger partial charge in [0.05, 0.1) is 0 Å². The third-order valence-corrected chi connectivity index (χ3v) is 8.28. The quantitative estimate of drug-likeness (QED) is 0.251. The topological polar surface area (TPSA) is 183 Å². The molecule has 5 rings (SSSR count). The molecular formula is C30H33N5O7. The minimum atomic E-state index is -1.32. The molecule has 4 atom stereocenters. The Balaban J connectivity index is 1.29. The molecule has 12 nitrogen and oxygen atoms in total. The summed E-state index contributed by atoms with van der Waals surface area (Å²) in [5, 5.41) is 8.80. The molecule has 0 saturated heterocycles. The number of anilines is 1. The van der Waals surface area contributed by atoms with Crippen molar-refractivity contribution in [2.75, 3.05) is 5.32 Å². The van der Waals surface area contributed by atoms with E-state index in [2.05, 4.69) is 16.0 Å². The van der Waals surface area contributed by atoms with Crippen molar-refractivity contribution in [1.82, 2.24) is 15.2 Å². The van der Waals surface area contributed by atoms with E-state index in [0.29, 0.717) is 23.0 Å². The highest BCUT2D eigenvalue weighted by Crippen LogP contribution is 2.44. The summed E-state index contributed by atoms with van der Waals surface area (Å²) in [6, 6.07) is 8.75. The number of aromatic nitrogens is 1. The van der Waals surface area contributed by atoms with E-state index in [4.69, 9.17) is 10.2 Å². The third kappa shape index (κ3) is 6.12. The average molecular weight is 576 g/mol. The van der Waals surface area contributed by atoms with Gasteiger partial charge in [0.25, 0.3) is 17.4 Å². The maximum atomic E-state index is 13.3. The van der Waals surface area contributed by atoms with Gasteiger partial charge in [-0.2, -0.15) is 0 Å². The number of pyridine rings is 1. The Morgan fingerprint density at radius 2 is 1.86 bits per heavy atom. The maximum Gasteiger partial charge on any atom is 0.287 e. The number of nitrogens with zero attached hydrogens (tertiary/aromatic N) is 1. The zero-order chi connectivity index (χ0) is 30.0. The third-order valence-electron chi connectivity index (χ3n) is 8.28. The van der Waals surface area contributed by atoms with Crippen LogP contribution in [0.1, 0.15) is 54.6 Å². The molecule has 220 valence electrons. The summed E-state index contributed by atoms with van der Waals surface area (Å²) in [4.78, 5) is 75.4. The molecule has 2 fully saturated rings. The monoisotopic (exact) mass is 575 g/mol. The minimum Gasteiger partial charge on any atom is -0.451 e. The Hall–Kier alpha value is -4.74. The zero-order valence-electron chi connectivity index (χ0n) is 23.2. The van der Waals surface area contributed by atoms with Crippen molar-refractivity contribution in [2.45, 2.75) is 64.1 Å². The summed E-state index contributed by atoms with van der Waals surface area (Å²) < 4.78 is 6.88. The summed E-state index contributed by atoms with van der Waals surface area (Å²) >= 11 is 0. The number of benzene rings is 1. The van der Waals surface area contributed by atoms with E-state index in [9.17, 15) is 28.8 Å². The lowest BCUT2D eigenvalue weighted by atomic mass is 9.95. The number of primary amides is 1. The molecule has 4 amide bonds. The zero-order valence-corrected chi connectivity index (χ0v) is 23.2. The summed E-state index contributed by atoms with van der Waals surface area (Å²) in [6.45, 7) is 1.49. The Bertz CT molecular complexity index is 1620. The minimum absolute atomic E-state index is 0.0150. The fraction of sp³-hybridized carbons (Fsp3) is 0.400. The van der Waals surface area contributed by atoms with Gasteiger partial charge < -0.3 is 30.7 Å². The number of nitrogens with one attached hydrogen (secondary N) is 3. The van der Waals surface area contributed by atoms with Crippen LogP contribution in [0.3, 0.4) is 0 Å². The summed E-state index contributed by atoms with van der Waals surface area (Å²) in [5.74, 6) is -2.74. The first kappa shape index (κ1) is 28.8. The molecule has 0 aliphatic heterocycles. The molecule has 2 heterocycles. The van der Waals surface area contributed by atoms with E-state index >= 15 is 0 Å². The molecule has 2 aliphatic rings. The second-order valence-electron chi connectivity index (χ2n) is 11.1. The van der Waals surface area contributed by atoms with Crippen molar-refractivity contribution >= 4 is 46.1 Å². The molecule has 0 radical (unpaired) electrons. The lowest BCUT2D eigenvalue weighted by Gasteiger charge is -2.23. The normalized spacial score (nSPS) is 19.8. The van der Waals surface area contributed by atoms with Gasteiger partial charge in [-0.3, -0.25) is 28.8 Å². The lowest BCUT2D eigenvalue weighted by molar-refractivity contribution is -0.136. The average Bonchev–Trinajstić information content (AvgIpc) is 3.67. The van der Waals surface area contributed by atoms with Crippen molar-refractivity contribution in [3.05, 3.63) is 64.3 Å². The van der Waals surface area contributed by atoms with Gasteiger partial charge in [0.1, 0.15) is 23.9 Å². The number of ketones is 1. The Morgan fingerprint density at radius 1 is 1.07 bits per heavy atom. The first-order valence-corrected chi connectivity index (χ1v) is 14.0. The van der Waals surface area contributed by atoms with E-state index in [1.54, 1.807) is 31.2 Å². The number of furan rings is 1. The van der Waals surface area contributed by atoms with Gasteiger partial charge in [0.2, 0.25) is 17.6 Å². The number of amides is 4. The molecular weight excluding hydrogens is 542 g/mol. The first-order chi connectivity index (χ1) is 20.1. The predicted molar refractivity (Wildman–Crippen MR) is 152 cm³/mol. The number of rotatable bonds is 11. The van der Waals surface area contributed by atoms with Gasteiger partial charge in [0, 0.05) is 29.6 Å². The second-order valence-corrected chi connectivity index (χ2v) is 11.1. The molecule has 12 heteroatoms. The van der Waals surface area contributed by atoms with Crippen LogP contribution >= 0.6 is 0 Å². The van der Waals surface area contributed by atoms with Crippen LogP contribution in [0.4, 0.5) is 5.69 Å². The van der Waals surface area contributed by atoms with Gasteiger partial charge >= 0.3 is 0 Å². The van der Waals surface area contributed by atoms with E-state index in [1.165, 1.54) is 29.3 Å². The number of aryl methyl sites for hydroxylation is 1. The maximum absolute atomic E-state index is 13.3. The van der Waals surface area contributed by atoms with Crippen molar-refractivity contribution in [3.8, 4) is 0 Å². The number of Topliss-reactive ketones (excluding diaryl/α,β-unsaturated/α-hetero) is 1. The first-order valence-electron chi connectivity index (χ1n) is 14.0. The summed E-state index contributed by atoms with van der Waals surface area (Å²) in [7, 11) is 0. The number of fused-ring (bicyclic) bond motifs is 3. The van der Waals surface area contributed by atoms with Crippen LogP contribution in [-0.4, -0.2) is 46.1 Å². The van der Waals surface area contributed by atoms with Gasteiger partial charge in [-0.05, 0) is 62.6 Å². The molecule has 5 N–H and O–H groups in total. The SMILES string of the molecule is Cc1c(C(=O)N[C@@H](CCC(=O)C(N)=O)C(=O)Nc2cccn(CC(=O)NC3CC4CCC3C4)c2=O)oc2ccccc12. The smallest absolute Gasteiger partial charge is 0.287 e. The van der Waals surface area contributed by atoms with Crippen molar-refractivity contribution in [3.63, 3.8) is 0 Å². The van der Waals surface area contributed by atoms with E-state index in [-0.39, 0.29) is 36.4 Å². The van der Waals surface area contributed by atoms with Crippen LogP contribution in [0.5, 0.6) is 0 Å². The highest BCUT2D eigenvalue weighted by molar-refractivity contribution is 6.35. The Kier molecular flexibility index (Phi) is 8.23. The van der Waals surface area contributed by atoms with E-state index < -0.39 is 41.5 Å². The fourth-order valence-electron chi connectivity index (χ4n) is 6.09. The van der Waals surface area contributed by atoms with Crippen LogP contribution in [0.25, 0.3) is 11.0 Å². The molecule has 3 unspecified atom stereocenters. The molecule has 1 aromatic carbocycles. The van der Waals surface area contributed by atoms with Crippen LogP contribution in [0.15, 0.2) is 51.8 Å². The van der Waals surface area contributed by atoms with Gasteiger partial charge in [-0.15, -0.1) is 0 Å². The van der Waals surface area contributed by atoms with E-state index in [1.807, 2.05) is 0 Å².